The molecular weight excluding hydrogens is 751 g/mol. The van der Waals surface area contributed by atoms with Crippen LogP contribution < -0.4 is 16.0 Å². The highest BCUT2D eigenvalue weighted by molar-refractivity contribution is 8.01. The van der Waals surface area contributed by atoms with Crippen molar-refractivity contribution >= 4 is 47.4 Å². The number of esters is 1. The zero-order valence-corrected chi connectivity index (χ0v) is 32.6. The van der Waals surface area contributed by atoms with E-state index in [1.807, 2.05) is 109 Å². The highest BCUT2D eigenvalue weighted by atomic mass is 32.2. The summed E-state index contributed by atoms with van der Waals surface area (Å²) in [6.45, 7) is 0.0429. The van der Waals surface area contributed by atoms with Crippen LogP contribution in [0, 0.1) is 0 Å². The van der Waals surface area contributed by atoms with E-state index in [1.165, 1.54) is 0 Å². The van der Waals surface area contributed by atoms with Gasteiger partial charge in [0.25, 0.3) is 0 Å². The monoisotopic (exact) mass is 791 g/mol. The lowest BCUT2D eigenvalue weighted by atomic mass is 9.84. The number of cyclic esters (lactones) is 2. The Bertz CT molecular complexity index is 2070. The predicted octanol–water partition coefficient (Wildman–Crippen LogP) is 7.67. The summed E-state index contributed by atoms with van der Waals surface area (Å²) in [6, 6.07) is 60.3. The fraction of sp³-hybridized carbons (Fsp3) is 0.149. The second kappa shape index (κ2) is 18.2. The third kappa shape index (κ3) is 8.67. The molecule has 2 aliphatic rings. The summed E-state index contributed by atoms with van der Waals surface area (Å²) < 4.78 is 3.62. The summed E-state index contributed by atoms with van der Waals surface area (Å²) >= 11 is 3.28. The first-order chi connectivity index (χ1) is 27.9. The van der Waals surface area contributed by atoms with E-state index in [9.17, 15) is 19.2 Å². The topological polar surface area (TPSA) is 114 Å². The zero-order valence-electron chi connectivity index (χ0n) is 31.0. The van der Waals surface area contributed by atoms with Crippen molar-refractivity contribution in [3.8, 4) is 0 Å². The van der Waals surface area contributed by atoms with Crippen LogP contribution >= 0.6 is 23.5 Å². The molecule has 8 rings (SSSR count). The minimum Gasteiger partial charge on any atom is -0.375 e. The van der Waals surface area contributed by atoms with Gasteiger partial charge >= 0.3 is 12.1 Å². The molecule has 0 spiro atoms. The van der Waals surface area contributed by atoms with Crippen LogP contribution in [0.2, 0.25) is 0 Å². The van der Waals surface area contributed by atoms with Crippen LogP contribution in [-0.4, -0.2) is 54.0 Å². The summed E-state index contributed by atoms with van der Waals surface area (Å²) in [5, 5.41) is 8.09. The number of hydrogen-bond donors (Lipinski definition) is 3. The summed E-state index contributed by atoms with van der Waals surface area (Å²) in [5.74, 6) is 0.0279. The molecule has 0 saturated carbocycles. The molecule has 0 radical (unpaired) electrons. The Morgan fingerprint density at radius 3 is 1.07 bits per heavy atom. The van der Waals surface area contributed by atoms with E-state index < -0.39 is 33.6 Å². The molecule has 2 fully saturated rings. The van der Waals surface area contributed by atoms with E-state index in [4.69, 9.17) is 0 Å². The summed E-state index contributed by atoms with van der Waals surface area (Å²) in [5.41, 5.74) is 6.71. The Balaban J connectivity index is 0.000000174. The van der Waals surface area contributed by atoms with Gasteiger partial charge in [0.2, 0.25) is 11.8 Å². The lowest BCUT2D eigenvalue weighted by molar-refractivity contribution is -0.134. The molecule has 2 heterocycles. The number of carbonyl (C=O) groups excluding carboxylic acids is 4. The molecule has 6 aromatic rings. The third-order valence-corrected chi connectivity index (χ3v) is 13.1. The second-order valence-electron chi connectivity index (χ2n) is 13.4. The van der Waals surface area contributed by atoms with Gasteiger partial charge in [0.05, 0.1) is 16.0 Å². The molecule has 2 atom stereocenters. The Hall–Kier alpha value is -6.10. The first-order valence-corrected chi connectivity index (χ1v) is 20.6. The molecule has 6 aromatic carbocycles. The van der Waals surface area contributed by atoms with Crippen molar-refractivity contribution in [3.63, 3.8) is 0 Å². The molecular formula is C47H41N3O5S2. The van der Waals surface area contributed by atoms with E-state index in [1.54, 1.807) is 23.5 Å². The van der Waals surface area contributed by atoms with Crippen molar-refractivity contribution in [1.29, 1.82) is 0 Å². The van der Waals surface area contributed by atoms with Gasteiger partial charge in [0, 0.05) is 11.5 Å². The van der Waals surface area contributed by atoms with E-state index in [0.717, 1.165) is 33.4 Å². The Morgan fingerprint density at radius 1 is 0.456 bits per heavy atom. The van der Waals surface area contributed by atoms with E-state index in [-0.39, 0.29) is 18.4 Å². The standard InChI is InChI=1S/C24H22N2O2S.C23H19NO3S/c27-22-16-25-23(28)21(26-22)17-29-24(18-10-4-1-5-11-18,19-12-6-2-7-13-19)20-14-8-3-9-15-20;25-21-20(24-22(26)27-21)16-28-23(17-10-4-1-5-11-17,18-12-6-2-7-13-18)19-14-8-3-9-15-19/h1-15,21H,16-17H2,(H,25,28)(H,26,27);1-15,20H,16H2,(H,24,26)/t21-;20-/m10/s1. The van der Waals surface area contributed by atoms with Crippen LogP contribution in [0.1, 0.15) is 33.4 Å². The third-order valence-electron chi connectivity index (χ3n) is 9.86. The van der Waals surface area contributed by atoms with Gasteiger partial charge in [-0.15, -0.1) is 23.5 Å². The van der Waals surface area contributed by atoms with Crippen LogP contribution in [0.5, 0.6) is 0 Å². The minimum atomic E-state index is -0.680. The maximum Gasteiger partial charge on any atom is 0.415 e. The smallest absolute Gasteiger partial charge is 0.375 e. The molecule has 3 N–H and O–H groups in total. The van der Waals surface area contributed by atoms with Gasteiger partial charge in [-0.05, 0) is 33.4 Å². The Morgan fingerprint density at radius 2 is 0.772 bits per heavy atom. The van der Waals surface area contributed by atoms with Gasteiger partial charge in [-0.3, -0.25) is 9.59 Å². The maximum atomic E-state index is 12.3. The molecule has 0 unspecified atom stereocenters. The average molecular weight is 792 g/mol. The number of nitrogens with one attached hydrogen (secondary N) is 3. The number of thioether (sulfide) groups is 2. The van der Waals surface area contributed by atoms with E-state index in [0.29, 0.717) is 11.5 Å². The molecule has 10 heteroatoms. The van der Waals surface area contributed by atoms with Crippen molar-refractivity contribution in [3.05, 3.63) is 215 Å². The molecule has 0 aliphatic carbocycles. The quantitative estimate of drug-likeness (QED) is 0.0663. The fourth-order valence-electron chi connectivity index (χ4n) is 7.18. The van der Waals surface area contributed by atoms with E-state index >= 15 is 0 Å². The number of benzene rings is 6. The van der Waals surface area contributed by atoms with Crippen molar-refractivity contribution in [2.75, 3.05) is 18.1 Å². The lowest BCUT2D eigenvalue weighted by Gasteiger charge is -2.37. The molecule has 2 aliphatic heterocycles. The van der Waals surface area contributed by atoms with Crippen molar-refractivity contribution in [2.45, 2.75) is 21.6 Å². The van der Waals surface area contributed by atoms with Crippen LogP contribution in [0.4, 0.5) is 4.79 Å². The van der Waals surface area contributed by atoms with Crippen LogP contribution in [0.15, 0.2) is 182 Å². The molecule has 3 amide bonds. The molecule has 286 valence electrons. The average Bonchev–Trinajstić information content (AvgIpc) is 3.60. The largest absolute Gasteiger partial charge is 0.415 e. The van der Waals surface area contributed by atoms with Gasteiger partial charge in [0.1, 0.15) is 12.1 Å². The number of ether oxygens (including phenoxy) is 1. The van der Waals surface area contributed by atoms with Crippen molar-refractivity contribution < 1.29 is 23.9 Å². The number of rotatable bonds is 12. The Kier molecular flexibility index (Phi) is 12.5. The molecule has 8 nitrogen and oxygen atoms in total. The van der Waals surface area contributed by atoms with Crippen LogP contribution in [0.3, 0.4) is 0 Å². The highest BCUT2D eigenvalue weighted by Gasteiger charge is 2.41. The second-order valence-corrected chi connectivity index (χ2v) is 15.9. The highest BCUT2D eigenvalue weighted by Crippen LogP contribution is 2.50. The molecule has 0 aromatic heterocycles. The van der Waals surface area contributed by atoms with Gasteiger partial charge in [-0.1, -0.05) is 182 Å². The zero-order chi connectivity index (χ0) is 39.5. The van der Waals surface area contributed by atoms with E-state index in [2.05, 4.69) is 93.5 Å². The maximum absolute atomic E-state index is 12.3. The van der Waals surface area contributed by atoms with Crippen LogP contribution in [-0.2, 0) is 28.6 Å². The van der Waals surface area contributed by atoms with Crippen molar-refractivity contribution in [2.24, 2.45) is 0 Å². The number of amides is 3. The minimum absolute atomic E-state index is 0.0429. The summed E-state index contributed by atoms with van der Waals surface area (Å²) in [7, 11) is 0. The molecule has 0 bridgehead atoms. The molecule has 57 heavy (non-hydrogen) atoms. The normalized spacial score (nSPS) is 16.6. The number of piperazine rings is 1. The first-order valence-electron chi connectivity index (χ1n) is 18.6. The Labute approximate surface area is 340 Å². The number of hydrogen-bond acceptors (Lipinski definition) is 7. The predicted molar refractivity (Wildman–Crippen MR) is 227 cm³/mol. The first kappa shape index (κ1) is 39.1. The summed E-state index contributed by atoms with van der Waals surface area (Å²) in [6.07, 6.45) is -0.680. The van der Waals surface area contributed by atoms with Gasteiger partial charge in [-0.25, -0.2) is 9.59 Å². The lowest BCUT2D eigenvalue weighted by Crippen LogP contribution is -2.57. The summed E-state index contributed by atoms with van der Waals surface area (Å²) in [4.78, 5) is 47.6. The SMILES string of the molecule is O=C1CNC(=O)[C@@H](CSC(c2ccccc2)(c2ccccc2)c2ccccc2)N1.O=C1N[C@@H](CSC(c2ccccc2)(c2ccccc2)c2ccccc2)C(=O)O1. The number of alkyl carbamates (subject to hydrolysis) is 1. The fourth-order valence-corrected chi connectivity index (χ4v) is 10.3. The van der Waals surface area contributed by atoms with Gasteiger partial charge in [-0.2, -0.15) is 0 Å². The van der Waals surface area contributed by atoms with Gasteiger partial charge < -0.3 is 20.7 Å². The molecule has 2 saturated heterocycles. The number of carbonyl (C=O) groups is 4. The van der Waals surface area contributed by atoms with Crippen LogP contribution in [0.25, 0.3) is 0 Å². The van der Waals surface area contributed by atoms with Crippen molar-refractivity contribution in [1.82, 2.24) is 16.0 Å². The van der Waals surface area contributed by atoms with Gasteiger partial charge in [0.15, 0.2) is 0 Å².